The third-order valence-electron chi connectivity index (χ3n) is 5.61. The molecule has 176 valence electrons. The van der Waals surface area contributed by atoms with Gasteiger partial charge in [0.25, 0.3) is 5.56 Å². The van der Waals surface area contributed by atoms with Crippen molar-refractivity contribution in [2.75, 3.05) is 13.2 Å². The summed E-state index contributed by atoms with van der Waals surface area (Å²) in [5.74, 6) is -0.246. The van der Waals surface area contributed by atoms with Crippen LogP contribution in [0.25, 0.3) is 22.2 Å². The molecule has 8 heteroatoms. The lowest BCUT2D eigenvalue weighted by molar-refractivity contribution is -0.121. The number of ether oxygens (including phenoxy) is 1. The summed E-state index contributed by atoms with van der Waals surface area (Å²) < 4.78 is 6.89. The number of unbranched alkanes of at least 4 members (excludes halogenated alkanes) is 1. The number of aryl methyl sites for hydroxylation is 1. The third kappa shape index (κ3) is 5.77. The highest BCUT2D eigenvalue weighted by atomic mass is 16.5. The van der Waals surface area contributed by atoms with Gasteiger partial charge in [-0.2, -0.15) is 0 Å². The lowest BCUT2D eigenvalue weighted by atomic mass is 10.1. The van der Waals surface area contributed by atoms with Gasteiger partial charge >= 0.3 is 0 Å². The third-order valence-corrected chi connectivity index (χ3v) is 5.61. The van der Waals surface area contributed by atoms with Crippen molar-refractivity contribution in [3.8, 4) is 11.3 Å². The molecule has 0 aliphatic carbocycles. The van der Waals surface area contributed by atoms with Gasteiger partial charge in [-0.05, 0) is 43.9 Å². The quantitative estimate of drug-likeness (QED) is 0.335. The lowest BCUT2D eigenvalue weighted by Crippen LogP contribution is -2.34. The van der Waals surface area contributed by atoms with Crippen molar-refractivity contribution in [3.63, 3.8) is 0 Å². The van der Waals surface area contributed by atoms with Gasteiger partial charge in [-0.3, -0.25) is 24.1 Å². The Morgan fingerprint density at radius 3 is 2.79 bits per heavy atom. The standard InChI is InChI=1S/C26H29N5O3/c1-2-34-13-7-6-10-23-26(33)31(24(17-28-23)19-8-4-3-5-9-19)18-25(32)29-16-21-14-20-15-27-12-11-22(20)30-21/h3-5,8-9,11-12,14-15,17,30H,2,6-7,10,13,16,18H2,1H3,(H,29,32). The van der Waals surface area contributed by atoms with E-state index in [1.807, 2.05) is 49.4 Å². The van der Waals surface area contributed by atoms with Crippen LogP contribution in [-0.2, 0) is 29.0 Å². The number of nitrogens with zero attached hydrogens (tertiary/aromatic N) is 3. The van der Waals surface area contributed by atoms with Gasteiger partial charge in [-0.1, -0.05) is 30.3 Å². The number of benzene rings is 1. The lowest BCUT2D eigenvalue weighted by Gasteiger charge is -2.14. The number of fused-ring (bicyclic) bond motifs is 1. The van der Waals surface area contributed by atoms with Gasteiger partial charge in [-0.15, -0.1) is 0 Å². The van der Waals surface area contributed by atoms with Crippen LogP contribution in [0.5, 0.6) is 0 Å². The molecule has 0 saturated heterocycles. The number of aromatic amines is 1. The predicted octanol–water partition coefficient (Wildman–Crippen LogP) is 3.46. The summed E-state index contributed by atoms with van der Waals surface area (Å²) in [7, 11) is 0. The fraction of sp³-hybridized carbons (Fsp3) is 0.308. The SMILES string of the molecule is CCOCCCCc1ncc(-c2ccccc2)n(CC(=O)NCc2cc3cnccc3[nH]2)c1=O. The van der Waals surface area contributed by atoms with Crippen LogP contribution >= 0.6 is 0 Å². The minimum absolute atomic E-state index is 0.0840. The van der Waals surface area contributed by atoms with Gasteiger partial charge in [0.1, 0.15) is 12.2 Å². The van der Waals surface area contributed by atoms with Crippen molar-refractivity contribution in [3.05, 3.63) is 82.8 Å². The largest absolute Gasteiger partial charge is 0.382 e. The molecule has 0 bridgehead atoms. The average Bonchev–Trinajstić information content (AvgIpc) is 3.28. The summed E-state index contributed by atoms with van der Waals surface area (Å²) in [5.41, 5.74) is 3.53. The van der Waals surface area contributed by atoms with Crippen LogP contribution in [0.4, 0.5) is 0 Å². The maximum atomic E-state index is 13.3. The first kappa shape index (κ1) is 23.4. The molecule has 1 aromatic carbocycles. The molecule has 4 rings (SSSR count). The first-order valence-corrected chi connectivity index (χ1v) is 11.6. The summed E-state index contributed by atoms with van der Waals surface area (Å²) in [6.07, 6.45) is 7.38. The first-order valence-electron chi connectivity index (χ1n) is 11.6. The summed E-state index contributed by atoms with van der Waals surface area (Å²) in [5, 5.41) is 3.90. The number of pyridine rings is 1. The maximum absolute atomic E-state index is 13.3. The Kier molecular flexibility index (Phi) is 7.83. The number of carbonyl (C=O) groups excluding carboxylic acids is 1. The molecule has 3 aromatic heterocycles. The first-order chi connectivity index (χ1) is 16.7. The van der Waals surface area contributed by atoms with E-state index in [-0.39, 0.29) is 18.0 Å². The average molecular weight is 460 g/mol. The van der Waals surface area contributed by atoms with Gasteiger partial charge < -0.3 is 15.0 Å². The van der Waals surface area contributed by atoms with Gasteiger partial charge in [0.05, 0.1) is 18.4 Å². The molecule has 0 aliphatic rings. The summed E-state index contributed by atoms with van der Waals surface area (Å²) in [6, 6.07) is 13.4. The fourth-order valence-corrected chi connectivity index (χ4v) is 3.86. The highest BCUT2D eigenvalue weighted by molar-refractivity contribution is 5.80. The number of aromatic nitrogens is 4. The number of carbonyl (C=O) groups is 1. The van der Waals surface area contributed by atoms with Gasteiger partial charge in [0, 0.05) is 42.2 Å². The normalized spacial score (nSPS) is 11.1. The smallest absolute Gasteiger partial charge is 0.273 e. The minimum atomic E-state index is -0.246. The Morgan fingerprint density at radius 1 is 1.15 bits per heavy atom. The number of hydrogen-bond donors (Lipinski definition) is 2. The minimum Gasteiger partial charge on any atom is -0.382 e. The molecule has 0 unspecified atom stereocenters. The van der Waals surface area contributed by atoms with E-state index < -0.39 is 0 Å². The molecule has 0 atom stereocenters. The second kappa shape index (κ2) is 11.4. The Bertz CT molecular complexity index is 1260. The van der Waals surface area contributed by atoms with Crippen molar-refractivity contribution in [2.24, 2.45) is 0 Å². The predicted molar refractivity (Wildman–Crippen MR) is 131 cm³/mol. The number of nitrogens with one attached hydrogen (secondary N) is 2. The van der Waals surface area contributed by atoms with E-state index in [1.165, 1.54) is 4.57 Å². The molecular weight excluding hydrogens is 430 g/mol. The molecule has 4 aromatic rings. The van der Waals surface area contributed by atoms with Gasteiger partial charge in [0.2, 0.25) is 5.91 Å². The van der Waals surface area contributed by atoms with Crippen LogP contribution in [0.3, 0.4) is 0 Å². The topological polar surface area (TPSA) is 102 Å². The Morgan fingerprint density at radius 2 is 2.00 bits per heavy atom. The molecule has 0 aliphatic heterocycles. The fourth-order valence-electron chi connectivity index (χ4n) is 3.86. The molecule has 0 spiro atoms. The highest BCUT2D eigenvalue weighted by Gasteiger charge is 2.15. The van der Waals surface area contributed by atoms with E-state index in [0.717, 1.165) is 35.0 Å². The van der Waals surface area contributed by atoms with Crippen LogP contribution in [0.15, 0.2) is 65.8 Å². The molecule has 34 heavy (non-hydrogen) atoms. The maximum Gasteiger partial charge on any atom is 0.273 e. The molecule has 1 amide bonds. The van der Waals surface area contributed by atoms with E-state index >= 15 is 0 Å². The highest BCUT2D eigenvalue weighted by Crippen LogP contribution is 2.17. The van der Waals surface area contributed by atoms with Crippen molar-refractivity contribution in [2.45, 2.75) is 39.3 Å². The number of amides is 1. The van der Waals surface area contributed by atoms with Crippen LogP contribution in [-0.4, -0.2) is 38.6 Å². The molecule has 0 radical (unpaired) electrons. The summed E-state index contributed by atoms with van der Waals surface area (Å²) >= 11 is 0. The molecule has 3 heterocycles. The van der Waals surface area contributed by atoms with E-state index in [1.54, 1.807) is 18.6 Å². The monoisotopic (exact) mass is 459 g/mol. The Balaban J connectivity index is 1.50. The molecular formula is C26H29N5O3. The van der Waals surface area contributed by atoms with Crippen molar-refractivity contribution in [1.29, 1.82) is 0 Å². The van der Waals surface area contributed by atoms with Crippen molar-refractivity contribution in [1.82, 2.24) is 24.8 Å². The zero-order valence-corrected chi connectivity index (χ0v) is 19.3. The zero-order chi connectivity index (χ0) is 23.8. The van der Waals surface area contributed by atoms with Crippen LogP contribution in [0.2, 0.25) is 0 Å². The van der Waals surface area contributed by atoms with Crippen LogP contribution in [0, 0.1) is 0 Å². The van der Waals surface area contributed by atoms with E-state index in [4.69, 9.17) is 4.74 Å². The summed E-state index contributed by atoms with van der Waals surface area (Å²) in [4.78, 5) is 38.0. The molecule has 8 nitrogen and oxygen atoms in total. The van der Waals surface area contributed by atoms with Gasteiger partial charge in [-0.25, -0.2) is 0 Å². The number of H-pyrrole nitrogens is 1. The van der Waals surface area contributed by atoms with Crippen molar-refractivity contribution < 1.29 is 9.53 Å². The second-order valence-electron chi connectivity index (χ2n) is 8.04. The summed E-state index contributed by atoms with van der Waals surface area (Å²) in [6.45, 7) is 3.56. The Hall–Kier alpha value is -3.78. The van der Waals surface area contributed by atoms with E-state index in [0.29, 0.717) is 37.6 Å². The van der Waals surface area contributed by atoms with Gasteiger partial charge in [0.15, 0.2) is 0 Å². The van der Waals surface area contributed by atoms with Crippen LogP contribution < -0.4 is 10.9 Å². The molecule has 0 saturated carbocycles. The van der Waals surface area contributed by atoms with E-state index in [9.17, 15) is 9.59 Å². The van der Waals surface area contributed by atoms with E-state index in [2.05, 4.69) is 20.3 Å². The number of rotatable bonds is 11. The molecule has 0 fully saturated rings. The van der Waals surface area contributed by atoms with Crippen molar-refractivity contribution >= 4 is 16.8 Å². The number of hydrogen-bond acceptors (Lipinski definition) is 5. The Labute approximate surface area is 198 Å². The molecule has 2 N–H and O–H groups in total. The second-order valence-corrected chi connectivity index (χ2v) is 8.04. The van der Waals surface area contributed by atoms with Crippen LogP contribution in [0.1, 0.15) is 31.2 Å². The zero-order valence-electron chi connectivity index (χ0n) is 19.3.